The maximum Gasteiger partial charge on any atom is 0.264 e. The summed E-state index contributed by atoms with van der Waals surface area (Å²) in [6.45, 7) is 2.71. The Morgan fingerprint density at radius 3 is 2.59 bits per heavy atom. The summed E-state index contributed by atoms with van der Waals surface area (Å²) in [7, 11) is 1.61. The van der Waals surface area contributed by atoms with Crippen molar-refractivity contribution in [2.45, 2.75) is 51.1 Å². The predicted molar refractivity (Wildman–Crippen MR) is 116 cm³/mol. The number of aryl methyl sites for hydroxylation is 1. The Labute approximate surface area is 177 Å². The van der Waals surface area contributed by atoms with E-state index in [9.17, 15) is 9.59 Å². The zero-order valence-electron chi connectivity index (χ0n) is 17.2. The molecular weight excluding hydrogens is 384 g/mol. The highest BCUT2D eigenvalue weighted by atomic mass is 32.1. The third-order valence-electron chi connectivity index (χ3n) is 5.52. The molecule has 0 bridgehead atoms. The van der Waals surface area contributed by atoms with Crippen LogP contribution in [0.4, 0.5) is 0 Å². The normalized spacial score (nSPS) is 15.7. The Morgan fingerprint density at radius 1 is 1.17 bits per heavy atom. The standard InChI is InChI=1S/C23H30N2O3S/c1-17-9-6-7-12-19(17)21(22(26)24-18-10-4-3-5-11-18)25(14-15-28-2)23(27)20-13-8-16-29-20/h6-9,12-13,16,18,21H,3-5,10-11,14-15H2,1-2H3,(H,24,26)/t21-/m0/s1. The highest BCUT2D eigenvalue weighted by Gasteiger charge is 2.34. The Kier molecular flexibility index (Phi) is 7.83. The van der Waals surface area contributed by atoms with Crippen molar-refractivity contribution < 1.29 is 14.3 Å². The molecule has 0 radical (unpaired) electrons. The van der Waals surface area contributed by atoms with E-state index in [4.69, 9.17) is 4.74 Å². The van der Waals surface area contributed by atoms with Gasteiger partial charge in [0.15, 0.2) is 0 Å². The van der Waals surface area contributed by atoms with Gasteiger partial charge in [-0.25, -0.2) is 0 Å². The molecule has 1 saturated carbocycles. The van der Waals surface area contributed by atoms with Gasteiger partial charge in [-0.1, -0.05) is 49.6 Å². The summed E-state index contributed by atoms with van der Waals surface area (Å²) in [6, 6.07) is 11.0. The zero-order valence-corrected chi connectivity index (χ0v) is 18.0. The molecule has 1 aromatic carbocycles. The second-order valence-corrected chi connectivity index (χ2v) is 8.52. The van der Waals surface area contributed by atoms with Crippen molar-refractivity contribution in [1.29, 1.82) is 0 Å². The number of benzene rings is 1. The fraction of sp³-hybridized carbons (Fsp3) is 0.478. The van der Waals surface area contributed by atoms with Crippen molar-refractivity contribution in [1.82, 2.24) is 10.2 Å². The lowest BCUT2D eigenvalue weighted by Gasteiger charge is -2.33. The average Bonchev–Trinajstić information content (AvgIpc) is 3.27. The first-order valence-electron chi connectivity index (χ1n) is 10.3. The van der Waals surface area contributed by atoms with E-state index in [1.807, 2.05) is 42.6 Å². The third-order valence-corrected chi connectivity index (χ3v) is 6.38. The summed E-state index contributed by atoms with van der Waals surface area (Å²) in [4.78, 5) is 29.1. The summed E-state index contributed by atoms with van der Waals surface area (Å²) < 4.78 is 5.26. The molecule has 0 spiro atoms. The first-order chi connectivity index (χ1) is 14.1. The van der Waals surface area contributed by atoms with Crippen molar-refractivity contribution >= 4 is 23.2 Å². The molecule has 1 fully saturated rings. The number of hydrogen-bond acceptors (Lipinski definition) is 4. The molecule has 0 unspecified atom stereocenters. The van der Waals surface area contributed by atoms with Gasteiger partial charge in [-0.05, 0) is 42.3 Å². The average molecular weight is 415 g/mol. The first kappa shape index (κ1) is 21.5. The molecule has 1 N–H and O–H groups in total. The summed E-state index contributed by atoms with van der Waals surface area (Å²) in [5.41, 5.74) is 1.86. The predicted octanol–water partition coefficient (Wildman–Crippen LogP) is 4.34. The molecule has 1 atom stereocenters. The number of nitrogens with one attached hydrogen (secondary N) is 1. The van der Waals surface area contributed by atoms with Crippen LogP contribution >= 0.6 is 11.3 Å². The maximum absolute atomic E-state index is 13.5. The van der Waals surface area contributed by atoms with Crippen LogP contribution in [0.1, 0.15) is 58.9 Å². The Morgan fingerprint density at radius 2 is 1.93 bits per heavy atom. The van der Waals surface area contributed by atoms with Gasteiger partial charge < -0.3 is 15.0 Å². The number of ether oxygens (including phenoxy) is 1. The fourth-order valence-corrected chi connectivity index (χ4v) is 4.63. The van der Waals surface area contributed by atoms with E-state index >= 15 is 0 Å². The van der Waals surface area contributed by atoms with Gasteiger partial charge in [-0.3, -0.25) is 9.59 Å². The minimum absolute atomic E-state index is 0.104. The molecule has 156 valence electrons. The monoisotopic (exact) mass is 414 g/mol. The molecule has 1 aliphatic rings. The van der Waals surface area contributed by atoms with Crippen molar-refractivity contribution in [3.63, 3.8) is 0 Å². The van der Waals surface area contributed by atoms with E-state index in [0.29, 0.717) is 18.0 Å². The number of carbonyl (C=O) groups is 2. The minimum atomic E-state index is -0.678. The highest BCUT2D eigenvalue weighted by molar-refractivity contribution is 7.12. The molecule has 6 heteroatoms. The lowest BCUT2D eigenvalue weighted by Crippen LogP contribution is -2.48. The number of nitrogens with zero attached hydrogens (tertiary/aromatic N) is 1. The Balaban J connectivity index is 1.94. The van der Waals surface area contributed by atoms with E-state index in [1.165, 1.54) is 17.8 Å². The van der Waals surface area contributed by atoms with E-state index in [2.05, 4.69) is 5.32 Å². The van der Waals surface area contributed by atoms with Crippen LogP contribution in [0.2, 0.25) is 0 Å². The van der Waals surface area contributed by atoms with Crippen LogP contribution in [0.3, 0.4) is 0 Å². The maximum atomic E-state index is 13.5. The molecule has 3 rings (SSSR count). The van der Waals surface area contributed by atoms with Crippen LogP contribution in [-0.2, 0) is 9.53 Å². The molecule has 29 heavy (non-hydrogen) atoms. The van der Waals surface area contributed by atoms with Gasteiger partial charge in [0.25, 0.3) is 5.91 Å². The number of amides is 2. The summed E-state index contributed by atoms with van der Waals surface area (Å²) >= 11 is 1.39. The van der Waals surface area contributed by atoms with Gasteiger partial charge in [-0.2, -0.15) is 0 Å². The van der Waals surface area contributed by atoms with E-state index < -0.39 is 6.04 Å². The number of hydrogen-bond donors (Lipinski definition) is 1. The molecular formula is C23H30N2O3S. The quantitative estimate of drug-likeness (QED) is 0.699. The molecule has 1 aliphatic carbocycles. The number of methoxy groups -OCH3 is 1. The number of carbonyl (C=O) groups excluding carboxylic acids is 2. The molecule has 2 aromatic rings. The topological polar surface area (TPSA) is 58.6 Å². The number of thiophene rings is 1. The summed E-state index contributed by atoms with van der Waals surface area (Å²) in [6.07, 6.45) is 5.51. The molecule has 1 aromatic heterocycles. The Bertz CT molecular complexity index is 800. The van der Waals surface area contributed by atoms with Crippen LogP contribution in [0.5, 0.6) is 0 Å². The van der Waals surface area contributed by atoms with Crippen LogP contribution in [0, 0.1) is 6.92 Å². The molecule has 2 amide bonds. The van der Waals surface area contributed by atoms with Crippen molar-refractivity contribution in [2.24, 2.45) is 0 Å². The van der Waals surface area contributed by atoms with Crippen molar-refractivity contribution in [2.75, 3.05) is 20.3 Å². The minimum Gasteiger partial charge on any atom is -0.383 e. The number of rotatable bonds is 8. The van der Waals surface area contributed by atoms with Gasteiger partial charge in [0.2, 0.25) is 5.91 Å². The van der Waals surface area contributed by atoms with Crippen LogP contribution < -0.4 is 5.32 Å². The van der Waals surface area contributed by atoms with Gasteiger partial charge in [0, 0.05) is 19.7 Å². The molecule has 5 nitrogen and oxygen atoms in total. The summed E-state index contributed by atoms with van der Waals surface area (Å²) in [5, 5.41) is 5.11. The van der Waals surface area contributed by atoms with E-state index in [-0.39, 0.29) is 17.9 Å². The van der Waals surface area contributed by atoms with Crippen LogP contribution in [0.25, 0.3) is 0 Å². The lowest BCUT2D eigenvalue weighted by molar-refractivity contribution is -0.127. The van der Waals surface area contributed by atoms with Gasteiger partial charge in [0.1, 0.15) is 6.04 Å². The van der Waals surface area contributed by atoms with Gasteiger partial charge in [0.05, 0.1) is 11.5 Å². The highest BCUT2D eigenvalue weighted by Crippen LogP contribution is 2.28. The van der Waals surface area contributed by atoms with Crippen molar-refractivity contribution in [3.05, 3.63) is 57.8 Å². The fourth-order valence-electron chi connectivity index (χ4n) is 3.95. The Hall–Kier alpha value is -2.18. The van der Waals surface area contributed by atoms with Crippen LogP contribution in [0.15, 0.2) is 41.8 Å². The molecule has 1 heterocycles. The second kappa shape index (κ2) is 10.6. The smallest absolute Gasteiger partial charge is 0.264 e. The summed E-state index contributed by atoms with van der Waals surface area (Å²) in [5.74, 6) is -0.240. The SMILES string of the molecule is COCCN(C(=O)c1cccs1)[C@H](C(=O)NC1CCCCC1)c1ccccc1C. The zero-order chi connectivity index (χ0) is 20.6. The van der Waals surface area contributed by atoms with Crippen LogP contribution in [-0.4, -0.2) is 43.0 Å². The molecule has 0 saturated heterocycles. The van der Waals surface area contributed by atoms with E-state index in [0.717, 1.165) is 36.8 Å². The third kappa shape index (κ3) is 5.46. The largest absolute Gasteiger partial charge is 0.383 e. The van der Waals surface area contributed by atoms with E-state index in [1.54, 1.807) is 18.1 Å². The molecule has 0 aliphatic heterocycles. The van der Waals surface area contributed by atoms with Gasteiger partial charge >= 0.3 is 0 Å². The second-order valence-electron chi connectivity index (χ2n) is 7.57. The van der Waals surface area contributed by atoms with Gasteiger partial charge in [-0.15, -0.1) is 11.3 Å². The van der Waals surface area contributed by atoms with Crippen molar-refractivity contribution in [3.8, 4) is 0 Å². The lowest BCUT2D eigenvalue weighted by atomic mass is 9.94. The first-order valence-corrected chi connectivity index (χ1v) is 11.2.